The van der Waals surface area contributed by atoms with Crippen molar-refractivity contribution in [2.24, 2.45) is 5.92 Å². The minimum Gasteiger partial charge on any atom is -0.309 e. The third-order valence-electron chi connectivity index (χ3n) is 2.75. The number of hydrogen-bond donors (Lipinski definition) is 1. The van der Waals surface area contributed by atoms with Crippen LogP contribution in [0.15, 0.2) is 34.0 Å². The van der Waals surface area contributed by atoms with Crippen molar-refractivity contribution in [2.75, 3.05) is 0 Å². The molecule has 0 radical (unpaired) electrons. The SMILES string of the molecule is CC(C)Cc1nc(CSc2cccc(Cl)c2)[nH]c(=O)c1I. The number of nitrogens with zero attached hydrogens (tertiary/aromatic N) is 1. The zero-order valence-corrected chi connectivity index (χ0v) is 15.6. The molecule has 1 heterocycles. The summed E-state index contributed by atoms with van der Waals surface area (Å²) in [7, 11) is 0. The Hall–Kier alpha value is -0.530. The van der Waals surface area contributed by atoms with Crippen molar-refractivity contribution < 1.29 is 0 Å². The molecule has 0 fully saturated rings. The van der Waals surface area contributed by atoms with Gasteiger partial charge in [0.05, 0.1) is 15.0 Å². The van der Waals surface area contributed by atoms with E-state index in [2.05, 4.69) is 46.4 Å². The van der Waals surface area contributed by atoms with Crippen molar-refractivity contribution in [1.82, 2.24) is 9.97 Å². The maximum atomic E-state index is 12.0. The summed E-state index contributed by atoms with van der Waals surface area (Å²) in [5.74, 6) is 1.81. The first-order chi connectivity index (χ1) is 9.95. The van der Waals surface area contributed by atoms with Crippen LogP contribution in [0.3, 0.4) is 0 Å². The van der Waals surface area contributed by atoms with E-state index in [4.69, 9.17) is 11.6 Å². The van der Waals surface area contributed by atoms with Crippen LogP contribution in [0.4, 0.5) is 0 Å². The predicted molar refractivity (Wildman–Crippen MR) is 97.1 cm³/mol. The van der Waals surface area contributed by atoms with Gasteiger partial charge in [-0.2, -0.15) is 0 Å². The molecule has 112 valence electrons. The van der Waals surface area contributed by atoms with E-state index < -0.39 is 0 Å². The van der Waals surface area contributed by atoms with Gasteiger partial charge in [-0.1, -0.05) is 31.5 Å². The van der Waals surface area contributed by atoms with Crippen molar-refractivity contribution in [3.63, 3.8) is 0 Å². The van der Waals surface area contributed by atoms with Gasteiger partial charge in [0, 0.05) is 9.92 Å². The van der Waals surface area contributed by atoms with Gasteiger partial charge < -0.3 is 4.98 Å². The topological polar surface area (TPSA) is 45.8 Å². The highest BCUT2D eigenvalue weighted by molar-refractivity contribution is 14.1. The van der Waals surface area contributed by atoms with Crippen LogP contribution in [-0.4, -0.2) is 9.97 Å². The Morgan fingerprint density at radius 2 is 2.19 bits per heavy atom. The summed E-state index contributed by atoms with van der Waals surface area (Å²) in [5.41, 5.74) is 0.832. The molecule has 1 N–H and O–H groups in total. The minimum atomic E-state index is -0.0528. The average molecular weight is 435 g/mol. The quantitative estimate of drug-likeness (QED) is 0.556. The molecular formula is C15H16ClIN2OS. The molecule has 1 aromatic heterocycles. The molecule has 0 aliphatic heterocycles. The summed E-state index contributed by atoms with van der Waals surface area (Å²) in [4.78, 5) is 20.5. The number of nitrogens with one attached hydrogen (secondary N) is 1. The van der Waals surface area contributed by atoms with Crippen molar-refractivity contribution in [2.45, 2.75) is 30.9 Å². The smallest absolute Gasteiger partial charge is 0.264 e. The van der Waals surface area contributed by atoms with Gasteiger partial charge in [-0.3, -0.25) is 4.79 Å². The Kier molecular flexibility index (Phi) is 6.13. The van der Waals surface area contributed by atoms with Crippen LogP contribution in [0.2, 0.25) is 5.02 Å². The van der Waals surface area contributed by atoms with Crippen LogP contribution in [0.25, 0.3) is 0 Å². The number of thioether (sulfide) groups is 1. The summed E-state index contributed by atoms with van der Waals surface area (Å²) in [6.07, 6.45) is 0.816. The van der Waals surface area contributed by atoms with E-state index in [-0.39, 0.29) is 5.56 Å². The molecule has 1 aromatic carbocycles. The third-order valence-corrected chi connectivity index (χ3v) is 5.11. The fourth-order valence-corrected chi connectivity index (χ4v) is 3.41. The van der Waals surface area contributed by atoms with Gasteiger partial charge in [0.15, 0.2) is 0 Å². The van der Waals surface area contributed by atoms with Crippen LogP contribution in [0, 0.1) is 9.49 Å². The van der Waals surface area contributed by atoms with Crippen LogP contribution in [-0.2, 0) is 12.2 Å². The average Bonchev–Trinajstić information content (AvgIpc) is 2.41. The Morgan fingerprint density at radius 3 is 2.86 bits per heavy atom. The molecule has 0 aliphatic rings. The fourth-order valence-electron chi connectivity index (χ4n) is 1.86. The lowest BCUT2D eigenvalue weighted by atomic mass is 10.1. The second kappa shape index (κ2) is 7.65. The van der Waals surface area contributed by atoms with Crippen LogP contribution >= 0.6 is 46.0 Å². The normalized spacial score (nSPS) is 11.1. The minimum absolute atomic E-state index is 0.0528. The zero-order valence-electron chi connectivity index (χ0n) is 11.8. The van der Waals surface area contributed by atoms with E-state index in [1.807, 2.05) is 24.3 Å². The summed E-state index contributed by atoms with van der Waals surface area (Å²) in [5, 5.41) is 0.713. The molecule has 0 aliphatic carbocycles. The fraction of sp³-hybridized carbons (Fsp3) is 0.333. The van der Waals surface area contributed by atoms with Crippen LogP contribution < -0.4 is 5.56 Å². The highest BCUT2D eigenvalue weighted by Crippen LogP contribution is 2.24. The Labute approximate surface area is 147 Å². The number of aromatic amines is 1. The van der Waals surface area contributed by atoms with E-state index >= 15 is 0 Å². The van der Waals surface area contributed by atoms with Gasteiger partial charge >= 0.3 is 0 Å². The number of halogens is 2. The Bertz CT molecular complexity index is 688. The Morgan fingerprint density at radius 1 is 1.43 bits per heavy atom. The largest absolute Gasteiger partial charge is 0.309 e. The maximum Gasteiger partial charge on any atom is 0.264 e. The predicted octanol–water partition coefficient (Wildman–Crippen LogP) is 4.52. The summed E-state index contributed by atoms with van der Waals surface area (Å²) in [6, 6.07) is 7.67. The molecule has 2 rings (SSSR count). The molecule has 0 atom stereocenters. The molecule has 0 bridgehead atoms. The molecule has 0 unspecified atom stereocenters. The lowest BCUT2D eigenvalue weighted by Crippen LogP contribution is -2.18. The number of benzene rings is 1. The number of rotatable bonds is 5. The van der Waals surface area contributed by atoms with E-state index in [0.717, 1.165) is 17.0 Å². The highest BCUT2D eigenvalue weighted by atomic mass is 127. The van der Waals surface area contributed by atoms with Gasteiger partial charge in [0.25, 0.3) is 5.56 Å². The molecule has 2 aromatic rings. The highest BCUT2D eigenvalue weighted by Gasteiger charge is 2.11. The second-order valence-corrected chi connectivity index (χ2v) is 7.68. The van der Waals surface area contributed by atoms with E-state index in [1.54, 1.807) is 11.8 Å². The van der Waals surface area contributed by atoms with Crippen molar-refractivity contribution in [3.05, 3.63) is 54.7 Å². The van der Waals surface area contributed by atoms with E-state index in [1.165, 1.54) is 0 Å². The lowest BCUT2D eigenvalue weighted by molar-refractivity contribution is 0.627. The molecule has 0 amide bonds. The zero-order chi connectivity index (χ0) is 15.4. The van der Waals surface area contributed by atoms with E-state index in [0.29, 0.717) is 26.1 Å². The summed E-state index contributed by atoms with van der Waals surface area (Å²) in [6.45, 7) is 4.25. The standard InChI is InChI=1S/C15H16ClIN2OS/c1-9(2)6-12-14(17)15(20)19-13(18-12)8-21-11-5-3-4-10(16)7-11/h3-5,7,9H,6,8H2,1-2H3,(H,18,19,20). The molecule has 0 saturated carbocycles. The first kappa shape index (κ1) is 16.8. The molecule has 0 saturated heterocycles. The monoisotopic (exact) mass is 434 g/mol. The first-order valence-electron chi connectivity index (χ1n) is 6.61. The van der Waals surface area contributed by atoms with E-state index in [9.17, 15) is 4.79 Å². The Balaban J connectivity index is 2.17. The van der Waals surface area contributed by atoms with Gasteiger partial charge in [-0.15, -0.1) is 11.8 Å². The van der Waals surface area contributed by atoms with Gasteiger partial charge in [-0.25, -0.2) is 4.98 Å². The molecular weight excluding hydrogens is 419 g/mol. The third kappa shape index (κ3) is 5.00. The van der Waals surface area contributed by atoms with Crippen LogP contribution in [0.1, 0.15) is 25.4 Å². The lowest BCUT2D eigenvalue weighted by Gasteiger charge is -2.09. The first-order valence-corrected chi connectivity index (χ1v) is 9.06. The van der Waals surface area contributed by atoms with Crippen molar-refractivity contribution >= 4 is 46.0 Å². The molecule has 21 heavy (non-hydrogen) atoms. The maximum absolute atomic E-state index is 12.0. The van der Waals surface area contributed by atoms with Crippen molar-refractivity contribution in [1.29, 1.82) is 0 Å². The summed E-state index contributed by atoms with van der Waals surface area (Å²) < 4.78 is 0.692. The second-order valence-electron chi connectivity index (χ2n) is 5.12. The summed E-state index contributed by atoms with van der Waals surface area (Å²) >= 11 is 9.65. The number of H-pyrrole nitrogens is 1. The molecule has 6 heteroatoms. The van der Waals surface area contributed by atoms with Crippen LogP contribution in [0.5, 0.6) is 0 Å². The number of hydrogen-bond acceptors (Lipinski definition) is 3. The molecule has 3 nitrogen and oxygen atoms in total. The molecule has 0 spiro atoms. The number of aromatic nitrogens is 2. The van der Waals surface area contributed by atoms with Gasteiger partial charge in [-0.05, 0) is 53.1 Å². The van der Waals surface area contributed by atoms with Gasteiger partial charge in [0.1, 0.15) is 5.82 Å². The van der Waals surface area contributed by atoms with Crippen molar-refractivity contribution in [3.8, 4) is 0 Å². The van der Waals surface area contributed by atoms with Gasteiger partial charge in [0.2, 0.25) is 0 Å².